The minimum absolute atomic E-state index is 0.0564. The Bertz CT molecular complexity index is 1390. The standard InChI is InChI=1S/C27H27FN4O2S/c1-4-31(18(2)3)21-15-11-20(12-16-21)29-25(33)17-35-27-30-24-8-6-5-7-23(24)26(34)32(27)22-13-9-19(28)10-14-22/h5-16,18H,4,17H2,1-3H3,(H,29,33). The molecule has 4 rings (SSSR count). The van der Waals surface area contributed by atoms with Crippen LogP contribution in [0.1, 0.15) is 20.8 Å². The van der Waals surface area contributed by atoms with Crippen molar-refractivity contribution in [1.82, 2.24) is 9.55 Å². The van der Waals surface area contributed by atoms with Crippen LogP contribution in [0.25, 0.3) is 16.6 Å². The average molecular weight is 491 g/mol. The van der Waals surface area contributed by atoms with Crippen molar-refractivity contribution in [1.29, 1.82) is 0 Å². The van der Waals surface area contributed by atoms with Gasteiger partial charge in [-0.1, -0.05) is 23.9 Å². The third-order valence-electron chi connectivity index (χ3n) is 5.61. The van der Waals surface area contributed by atoms with E-state index < -0.39 is 5.82 Å². The molecule has 0 atom stereocenters. The average Bonchev–Trinajstić information content (AvgIpc) is 2.85. The molecule has 35 heavy (non-hydrogen) atoms. The number of halogens is 1. The summed E-state index contributed by atoms with van der Waals surface area (Å²) in [5, 5.41) is 3.72. The molecule has 0 radical (unpaired) electrons. The Balaban J connectivity index is 1.55. The van der Waals surface area contributed by atoms with Gasteiger partial charge < -0.3 is 10.2 Å². The van der Waals surface area contributed by atoms with Gasteiger partial charge in [0.1, 0.15) is 5.82 Å². The Morgan fingerprint density at radius 1 is 1.06 bits per heavy atom. The number of hydrogen-bond donors (Lipinski definition) is 1. The first kappa shape index (κ1) is 24.5. The lowest BCUT2D eigenvalue weighted by atomic mass is 10.2. The minimum Gasteiger partial charge on any atom is -0.369 e. The third kappa shape index (κ3) is 5.54. The normalized spacial score (nSPS) is 11.1. The lowest BCUT2D eigenvalue weighted by Crippen LogP contribution is -2.30. The van der Waals surface area contributed by atoms with Crippen LogP contribution in [0.4, 0.5) is 15.8 Å². The maximum Gasteiger partial charge on any atom is 0.266 e. The molecule has 180 valence electrons. The highest BCUT2D eigenvalue weighted by Gasteiger charge is 2.15. The number of carbonyl (C=O) groups excluding carboxylic acids is 1. The van der Waals surface area contributed by atoms with Crippen LogP contribution < -0.4 is 15.8 Å². The van der Waals surface area contributed by atoms with Crippen LogP contribution in [-0.4, -0.2) is 33.8 Å². The van der Waals surface area contributed by atoms with Gasteiger partial charge >= 0.3 is 0 Å². The number of rotatable bonds is 8. The Morgan fingerprint density at radius 2 is 1.74 bits per heavy atom. The molecule has 0 unspecified atom stereocenters. The topological polar surface area (TPSA) is 67.2 Å². The van der Waals surface area contributed by atoms with Crippen molar-refractivity contribution in [3.8, 4) is 5.69 Å². The second-order valence-corrected chi connectivity index (χ2v) is 9.23. The van der Waals surface area contributed by atoms with Crippen molar-refractivity contribution >= 4 is 39.9 Å². The molecule has 0 fully saturated rings. The lowest BCUT2D eigenvalue weighted by molar-refractivity contribution is -0.113. The van der Waals surface area contributed by atoms with Gasteiger partial charge in [0, 0.05) is 24.0 Å². The molecule has 0 aliphatic rings. The number of anilines is 2. The molecule has 1 N–H and O–H groups in total. The number of para-hydroxylation sites is 1. The highest BCUT2D eigenvalue weighted by Crippen LogP contribution is 2.23. The highest BCUT2D eigenvalue weighted by atomic mass is 32.2. The summed E-state index contributed by atoms with van der Waals surface area (Å²) in [6, 6.07) is 20.8. The Morgan fingerprint density at radius 3 is 2.40 bits per heavy atom. The van der Waals surface area contributed by atoms with E-state index >= 15 is 0 Å². The molecule has 3 aromatic carbocycles. The summed E-state index contributed by atoms with van der Waals surface area (Å²) < 4.78 is 14.9. The van der Waals surface area contributed by atoms with Gasteiger partial charge in [0.2, 0.25) is 5.91 Å². The van der Waals surface area contributed by atoms with E-state index in [2.05, 4.69) is 36.0 Å². The number of benzene rings is 3. The maximum atomic E-state index is 13.5. The van der Waals surface area contributed by atoms with Crippen molar-refractivity contribution in [2.24, 2.45) is 0 Å². The molecule has 0 spiro atoms. The van der Waals surface area contributed by atoms with E-state index in [1.54, 1.807) is 24.3 Å². The van der Waals surface area contributed by atoms with Crippen molar-refractivity contribution in [3.05, 3.63) is 89.0 Å². The van der Waals surface area contributed by atoms with Crippen molar-refractivity contribution in [2.75, 3.05) is 22.5 Å². The van der Waals surface area contributed by atoms with Gasteiger partial charge in [0.25, 0.3) is 5.56 Å². The van der Waals surface area contributed by atoms with Crippen LogP contribution in [-0.2, 0) is 4.79 Å². The first-order valence-electron chi connectivity index (χ1n) is 11.4. The summed E-state index contributed by atoms with van der Waals surface area (Å²) in [6.45, 7) is 7.29. The first-order valence-corrected chi connectivity index (χ1v) is 12.4. The van der Waals surface area contributed by atoms with E-state index in [0.29, 0.717) is 33.5 Å². The molecule has 0 bridgehead atoms. The van der Waals surface area contributed by atoms with Gasteiger partial charge in [-0.05, 0) is 81.4 Å². The minimum atomic E-state index is -0.398. The lowest BCUT2D eigenvalue weighted by Gasteiger charge is -2.27. The second-order valence-electron chi connectivity index (χ2n) is 8.29. The SMILES string of the molecule is CCN(c1ccc(NC(=O)CSc2nc3ccccc3c(=O)n2-c2ccc(F)cc2)cc1)C(C)C. The van der Waals surface area contributed by atoms with Gasteiger partial charge in [0.15, 0.2) is 5.16 Å². The van der Waals surface area contributed by atoms with Gasteiger partial charge in [-0.3, -0.25) is 14.2 Å². The number of thioether (sulfide) groups is 1. The van der Waals surface area contributed by atoms with Gasteiger partial charge in [-0.25, -0.2) is 9.37 Å². The molecule has 4 aromatic rings. The third-order valence-corrected chi connectivity index (χ3v) is 6.55. The number of aromatic nitrogens is 2. The van der Waals surface area contributed by atoms with Gasteiger partial charge in [-0.2, -0.15) is 0 Å². The molecule has 0 saturated heterocycles. The molecular weight excluding hydrogens is 463 g/mol. The largest absolute Gasteiger partial charge is 0.369 e. The van der Waals surface area contributed by atoms with Gasteiger partial charge in [0.05, 0.1) is 22.3 Å². The summed E-state index contributed by atoms with van der Waals surface area (Å²) in [5.41, 5.74) is 2.55. The fourth-order valence-electron chi connectivity index (χ4n) is 3.94. The van der Waals surface area contributed by atoms with Crippen LogP contribution in [0.3, 0.4) is 0 Å². The summed E-state index contributed by atoms with van der Waals surface area (Å²) in [4.78, 5) is 32.8. The molecular formula is C27H27FN4O2S. The van der Waals surface area contributed by atoms with Crippen LogP contribution in [0.5, 0.6) is 0 Å². The van der Waals surface area contributed by atoms with E-state index in [9.17, 15) is 14.0 Å². The summed E-state index contributed by atoms with van der Waals surface area (Å²) in [5.74, 6) is -0.557. The number of carbonyl (C=O) groups is 1. The van der Waals surface area contributed by atoms with E-state index in [1.807, 2.05) is 24.3 Å². The quantitative estimate of drug-likeness (QED) is 0.261. The number of hydrogen-bond acceptors (Lipinski definition) is 5. The van der Waals surface area contributed by atoms with E-state index in [1.165, 1.54) is 28.8 Å². The summed E-state index contributed by atoms with van der Waals surface area (Å²) in [7, 11) is 0. The molecule has 1 amide bonds. The van der Waals surface area contributed by atoms with E-state index in [-0.39, 0.29) is 17.2 Å². The smallest absolute Gasteiger partial charge is 0.266 e. The zero-order chi connectivity index (χ0) is 24.9. The monoisotopic (exact) mass is 490 g/mol. The number of amides is 1. The molecule has 0 saturated carbocycles. The zero-order valence-electron chi connectivity index (χ0n) is 19.9. The number of nitrogens with zero attached hydrogens (tertiary/aromatic N) is 3. The predicted molar refractivity (Wildman–Crippen MR) is 141 cm³/mol. The van der Waals surface area contributed by atoms with Crippen LogP contribution in [0, 0.1) is 5.82 Å². The Hall–Kier alpha value is -3.65. The Labute approximate surface area is 207 Å². The highest BCUT2D eigenvalue weighted by molar-refractivity contribution is 7.99. The molecule has 8 heteroatoms. The fourth-order valence-corrected chi connectivity index (χ4v) is 4.75. The van der Waals surface area contributed by atoms with Crippen molar-refractivity contribution < 1.29 is 9.18 Å². The van der Waals surface area contributed by atoms with E-state index in [4.69, 9.17) is 0 Å². The molecule has 6 nitrogen and oxygen atoms in total. The van der Waals surface area contributed by atoms with Crippen LogP contribution in [0.2, 0.25) is 0 Å². The zero-order valence-corrected chi connectivity index (χ0v) is 20.7. The first-order chi connectivity index (χ1) is 16.9. The Kier molecular flexibility index (Phi) is 7.51. The van der Waals surface area contributed by atoms with E-state index in [0.717, 1.165) is 24.0 Å². The maximum absolute atomic E-state index is 13.5. The van der Waals surface area contributed by atoms with Crippen molar-refractivity contribution in [2.45, 2.75) is 32.0 Å². The molecule has 1 aromatic heterocycles. The molecule has 1 heterocycles. The number of nitrogens with one attached hydrogen (secondary N) is 1. The molecule has 0 aliphatic heterocycles. The number of fused-ring (bicyclic) bond motifs is 1. The van der Waals surface area contributed by atoms with Crippen molar-refractivity contribution in [3.63, 3.8) is 0 Å². The van der Waals surface area contributed by atoms with Crippen LogP contribution >= 0.6 is 11.8 Å². The summed E-state index contributed by atoms with van der Waals surface area (Å²) >= 11 is 1.16. The second kappa shape index (κ2) is 10.7. The van der Waals surface area contributed by atoms with Gasteiger partial charge in [-0.15, -0.1) is 0 Å². The fraction of sp³-hybridized carbons (Fsp3) is 0.222. The molecule has 0 aliphatic carbocycles. The predicted octanol–water partition coefficient (Wildman–Crippen LogP) is 5.49. The van der Waals surface area contributed by atoms with Crippen LogP contribution in [0.15, 0.2) is 82.7 Å². The summed E-state index contributed by atoms with van der Waals surface area (Å²) in [6.07, 6.45) is 0.